The van der Waals surface area contributed by atoms with Gasteiger partial charge in [0.15, 0.2) is 0 Å². The predicted molar refractivity (Wildman–Crippen MR) is 71.5 cm³/mol. The van der Waals surface area contributed by atoms with Crippen LogP contribution in [0.25, 0.3) is 0 Å². The van der Waals surface area contributed by atoms with Gasteiger partial charge in [-0.15, -0.1) is 0 Å². The smallest absolute Gasteiger partial charge is 0.411 e. The van der Waals surface area contributed by atoms with Crippen LogP contribution in [-0.2, 0) is 11.2 Å². The standard InChI is InChI=1S/C13H20N2O3/c1-2-3-9-18-13(17)15-12-10(7-8-16)5-4-6-11(12)14/h4-6,16H,2-3,7-9,14H2,1H3,(H,15,17). The first-order chi connectivity index (χ1) is 8.69. The van der Waals surface area contributed by atoms with E-state index < -0.39 is 6.09 Å². The first kappa shape index (κ1) is 14.3. The van der Waals surface area contributed by atoms with Crippen LogP contribution in [-0.4, -0.2) is 24.4 Å². The fourth-order valence-corrected chi connectivity index (χ4v) is 1.55. The zero-order chi connectivity index (χ0) is 13.4. The average Bonchev–Trinajstić information content (AvgIpc) is 2.34. The number of hydrogen-bond acceptors (Lipinski definition) is 4. The third kappa shape index (κ3) is 4.25. The molecule has 5 nitrogen and oxygen atoms in total. The summed E-state index contributed by atoms with van der Waals surface area (Å²) in [6.45, 7) is 2.42. The van der Waals surface area contributed by atoms with Crippen molar-refractivity contribution in [3.63, 3.8) is 0 Å². The minimum Gasteiger partial charge on any atom is -0.449 e. The Morgan fingerprint density at radius 1 is 1.50 bits per heavy atom. The summed E-state index contributed by atoms with van der Waals surface area (Å²) >= 11 is 0. The van der Waals surface area contributed by atoms with Gasteiger partial charge in [0, 0.05) is 6.61 Å². The lowest BCUT2D eigenvalue weighted by Crippen LogP contribution is -2.17. The molecule has 0 aromatic heterocycles. The van der Waals surface area contributed by atoms with Crippen LogP contribution in [0.4, 0.5) is 16.2 Å². The Hall–Kier alpha value is -1.75. The molecule has 100 valence electrons. The zero-order valence-electron chi connectivity index (χ0n) is 10.6. The summed E-state index contributed by atoms with van der Waals surface area (Å²) in [5, 5.41) is 11.6. The lowest BCUT2D eigenvalue weighted by atomic mass is 10.1. The van der Waals surface area contributed by atoms with Gasteiger partial charge >= 0.3 is 6.09 Å². The van der Waals surface area contributed by atoms with Crippen LogP contribution in [0.3, 0.4) is 0 Å². The molecule has 4 N–H and O–H groups in total. The van der Waals surface area contributed by atoms with Gasteiger partial charge in [-0.25, -0.2) is 4.79 Å². The number of amides is 1. The largest absolute Gasteiger partial charge is 0.449 e. The molecule has 1 aromatic rings. The highest BCUT2D eigenvalue weighted by atomic mass is 16.5. The summed E-state index contributed by atoms with van der Waals surface area (Å²) in [5.74, 6) is 0. The molecule has 0 aliphatic heterocycles. The zero-order valence-corrected chi connectivity index (χ0v) is 10.6. The van der Waals surface area contributed by atoms with Crippen molar-refractivity contribution in [3.05, 3.63) is 23.8 Å². The molecule has 1 rings (SSSR count). The summed E-state index contributed by atoms with van der Waals surface area (Å²) in [7, 11) is 0. The second-order valence-electron chi connectivity index (χ2n) is 3.97. The van der Waals surface area contributed by atoms with Gasteiger partial charge in [-0.05, 0) is 24.5 Å². The van der Waals surface area contributed by atoms with Crippen LogP contribution < -0.4 is 11.1 Å². The second-order valence-corrected chi connectivity index (χ2v) is 3.97. The van der Waals surface area contributed by atoms with Gasteiger partial charge in [0.05, 0.1) is 18.0 Å². The van der Waals surface area contributed by atoms with Crippen molar-refractivity contribution < 1.29 is 14.6 Å². The molecule has 1 aromatic carbocycles. The van der Waals surface area contributed by atoms with Gasteiger partial charge in [-0.2, -0.15) is 0 Å². The van der Waals surface area contributed by atoms with Crippen LogP contribution in [0.2, 0.25) is 0 Å². The number of aliphatic hydroxyl groups is 1. The summed E-state index contributed by atoms with van der Waals surface area (Å²) in [6.07, 6.45) is 1.73. The Balaban J connectivity index is 2.67. The number of nitrogen functional groups attached to an aromatic ring is 1. The van der Waals surface area contributed by atoms with E-state index in [4.69, 9.17) is 15.6 Å². The highest BCUT2D eigenvalue weighted by Gasteiger charge is 2.10. The summed E-state index contributed by atoms with van der Waals surface area (Å²) in [5.41, 5.74) is 7.59. The van der Waals surface area contributed by atoms with E-state index in [1.807, 2.05) is 13.0 Å². The third-order valence-electron chi connectivity index (χ3n) is 2.52. The van der Waals surface area contributed by atoms with Crippen LogP contribution in [0, 0.1) is 0 Å². The van der Waals surface area contributed by atoms with Crippen molar-refractivity contribution in [2.45, 2.75) is 26.2 Å². The number of rotatable bonds is 6. The van der Waals surface area contributed by atoms with E-state index >= 15 is 0 Å². The van der Waals surface area contributed by atoms with E-state index in [0.29, 0.717) is 24.4 Å². The van der Waals surface area contributed by atoms with Crippen molar-refractivity contribution in [1.82, 2.24) is 0 Å². The fourth-order valence-electron chi connectivity index (χ4n) is 1.55. The fraction of sp³-hybridized carbons (Fsp3) is 0.462. The van der Waals surface area contributed by atoms with Gasteiger partial charge in [0.25, 0.3) is 0 Å². The Kier molecular flexibility index (Phi) is 6.00. The molecule has 18 heavy (non-hydrogen) atoms. The van der Waals surface area contributed by atoms with Gasteiger partial charge in [0.1, 0.15) is 0 Å². The third-order valence-corrected chi connectivity index (χ3v) is 2.52. The van der Waals surface area contributed by atoms with Crippen molar-refractivity contribution in [1.29, 1.82) is 0 Å². The van der Waals surface area contributed by atoms with E-state index in [9.17, 15) is 4.79 Å². The van der Waals surface area contributed by atoms with E-state index in [2.05, 4.69) is 5.32 Å². The lowest BCUT2D eigenvalue weighted by molar-refractivity contribution is 0.160. The number of anilines is 2. The predicted octanol–water partition coefficient (Wildman–Crippen LogP) is 2.15. The topological polar surface area (TPSA) is 84.6 Å². The van der Waals surface area contributed by atoms with E-state index in [1.165, 1.54) is 0 Å². The number of benzene rings is 1. The van der Waals surface area contributed by atoms with E-state index in [1.54, 1.807) is 12.1 Å². The first-order valence-corrected chi connectivity index (χ1v) is 6.11. The lowest BCUT2D eigenvalue weighted by Gasteiger charge is -2.13. The Bertz CT molecular complexity index is 394. The highest BCUT2D eigenvalue weighted by Crippen LogP contribution is 2.24. The molecular formula is C13H20N2O3. The van der Waals surface area contributed by atoms with Crippen LogP contribution in [0.15, 0.2) is 18.2 Å². The number of aliphatic hydroxyl groups excluding tert-OH is 1. The Morgan fingerprint density at radius 3 is 2.94 bits per heavy atom. The first-order valence-electron chi connectivity index (χ1n) is 6.11. The minimum atomic E-state index is -0.513. The Labute approximate surface area is 107 Å². The second kappa shape index (κ2) is 7.55. The molecular weight excluding hydrogens is 232 g/mol. The number of carbonyl (C=O) groups is 1. The van der Waals surface area contributed by atoms with Gasteiger partial charge in [-0.3, -0.25) is 5.32 Å². The SMILES string of the molecule is CCCCOC(=O)Nc1c(N)cccc1CCO. The normalized spacial score (nSPS) is 10.1. The molecule has 0 unspecified atom stereocenters. The molecule has 0 bridgehead atoms. The van der Waals surface area contributed by atoms with E-state index in [0.717, 1.165) is 18.4 Å². The van der Waals surface area contributed by atoms with Crippen molar-refractivity contribution in [3.8, 4) is 0 Å². The molecule has 0 aliphatic rings. The number of ether oxygens (including phenoxy) is 1. The van der Waals surface area contributed by atoms with E-state index in [-0.39, 0.29) is 6.61 Å². The van der Waals surface area contributed by atoms with Gasteiger partial charge < -0.3 is 15.6 Å². The number of unbranched alkanes of at least 4 members (excludes halogenated alkanes) is 1. The molecule has 0 spiro atoms. The van der Waals surface area contributed by atoms with Crippen molar-refractivity contribution in [2.75, 3.05) is 24.3 Å². The Morgan fingerprint density at radius 2 is 2.28 bits per heavy atom. The quantitative estimate of drug-likeness (QED) is 0.535. The molecule has 0 fully saturated rings. The molecule has 0 heterocycles. The maximum Gasteiger partial charge on any atom is 0.411 e. The molecule has 1 amide bonds. The molecule has 0 saturated heterocycles. The van der Waals surface area contributed by atoms with Crippen molar-refractivity contribution >= 4 is 17.5 Å². The number of para-hydroxylation sites is 1. The minimum absolute atomic E-state index is 0.00299. The van der Waals surface area contributed by atoms with Gasteiger partial charge in [0.2, 0.25) is 0 Å². The highest BCUT2D eigenvalue weighted by molar-refractivity contribution is 5.90. The number of nitrogens with one attached hydrogen (secondary N) is 1. The van der Waals surface area contributed by atoms with Gasteiger partial charge in [-0.1, -0.05) is 25.5 Å². The summed E-state index contributed by atoms with van der Waals surface area (Å²) < 4.78 is 5.01. The molecule has 5 heteroatoms. The number of nitrogens with two attached hydrogens (primary N) is 1. The number of carbonyl (C=O) groups excluding carboxylic acids is 1. The maximum atomic E-state index is 11.5. The van der Waals surface area contributed by atoms with Crippen molar-refractivity contribution in [2.24, 2.45) is 0 Å². The molecule has 0 aliphatic carbocycles. The number of hydrogen-bond donors (Lipinski definition) is 3. The van der Waals surface area contributed by atoms with Crippen LogP contribution in [0.1, 0.15) is 25.3 Å². The average molecular weight is 252 g/mol. The molecule has 0 saturated carbocycles. The summed E-state index contributed by atoms with van der Waals surface area (Å²) in [4.78, 5) is 11.5. The molecule has 0 radical (unpaired) electrons. The molecule has 0 atom stereocenters. The van der Waals surface area contributed by atoms with Crippen LogP contribution in [0.5, 0.6) is 0 Å². The summed E-state index contributed by atoms with van der Waals surface area (Å²) in [6, 6.07) is 5.30. The van der Waals surface area contributed by atoms with Crippen LogP contribution >= 0.6 is 0 Å². The maximum absolute atomic E-state index is 11.5. The monoisotopic (exact) mass is 252 g/mol.